The molecule has 0 aromatic carbocycles. The van der Waals surface area contributed by atoms with Crippen molar-refractivity contribution < 1.29 is 9.59 Å². The molecule has 0 fully saturated rings. The van der Waals surface area contributed by atoms with Gasteiger partial charge in [0.05, 0.1) is 0 Å². The van der Waals surface area contributed by atoms with E-state index in [0.29, 0.717) is 0 Å². The van der Waals surface area contributed by atoms with Gasteiger partial charge >= 0.3 is 0 Å². The van der Waals surface area contributed by atoms with Crippen LogP contribution in [0.15, 0.2) is 25.3 Å². The lowest BCUT2D eigenvalue weighted by molar-refractivity contribution is -0.130. The second-order valence-corrected chi connectivity index (χ2v) is 2.79. The topological polar surface area (TPSA) is 86.2 Å². The number of carbonyl (C=O) groups excluding carboxylic acids is 2. The minimum Gasteiger partial charge on any atom is -0.326 e. The lowest BCUT2D eigenvalue weighted by atomic mass is 9.83. The van der Waals surface area contributed by atoms with E-state index >= 15 is 0 Å². The fourth-order valence-corrected chi connectivity index (χ4v) is 0.908. The summed E-state index contributed by atoms with van der Waals surface area (Å²) < 4.78 is 0. The second-order valence-electron chi connectivity index (χ2n) is 2.79. The Labute approximate surface area is 77.3 Å². The van der Waals surface area contributed by atoms with Crippen LogP contribution in [0.1, 0.15) is 6.92 Å². The Bertz CT molecular complexity index is 236. The Kier molecular flexibility index (Phi) is 3.71. The second kappa shape index (κ2) is 4.11. The molecular formula is C9H14N2O2. The third-order valence-electron chi connectivity index (χ3n) is 1.90. The molecule has 72 valence electrons. The Balaban J connectivity index is 5.17. The van der Waals surface area contributed by atoms with Gasteiger partial charge in [0.25, 0.3) is 0 Å². The molecule has 0 aromatic heterocycles. The maximum atomic E-state index is 11.3. The Morgan fingerprint density at radius 2 is 1.62 bits per heavy atom. The summed E-state index contributed by atoms with van der Waals surface area (Å²) in [4.78, 5) is 22.6. The van der Waals surface area contributed by atoms with Crippen molar-refractivity contribution in [1.82, 2.24) is 0 Å². The van der Waals surface area contributed by atoms with E-state index < -0.39 is 23.1 Å². The predicted molar refractivity (Wildman–Crippen MR) is 51.0 cm³/mol. The quantitative estimate of drug-likeness (QED) is 0.445. The standard InChI is InChI=1S/C9H14N2O2/c1-4-7(12)9(11,6(3)10)8(13)5-2/h4-6H,1-2,10-11H2,3H3. The fourth-order valence-electron chi connectivity index (χ4n) is 0.908. The SMILES string of the molecule is C=CC(=O)C(N)(C(=O)C=C)C(C)N. The first-order valence-corrected chi connectivity index (χ1v) is 3.79. The van der Waals surface area contributed by atoms with Crippen molar-refractivity contribution in [2.24, 2.45) is 11.5 Å². The first kappa shape index (κ1) is 11.7. The van der Waals surface area contributed by atoms with E-state index in [2.05, 4.69) is 13.2 Å². The van der Waals surface area contributed by atoms with Crippen molar-refractivity contribution in [2.75, 3.05) is 0 Å². The molecule has 0 radical (unpaired) electrons. The van der Waals surface area contributed by atoms with Crippen LogP contribution in [0.25, 0.3) is 0 Å². The van der Waals surface area contributed by atoms with Gasteiger partial charge in [-0.3, -0.25) is 9.59 Å². The number of rotatable bonds is 5. The molecule has 0 aliphatic rings. The highest BCUT2D eigenvalue weighted by atomic mass is 16.2. The molecule has 0 amide bonds. The van der Waals surface area contributed by atoms with Gasteiger partial charge < -0.3 is 11.5 Å². The molecule has 0 saturated heterocycles. The number of carbonyl (C=O) groups is 2. The summed E-state index contributed by atoms with van der Waals surface area (Å²) in [6.07, 6.45) is 1.98. The summed E-state index contributed by atoms with van der Waals surface area (Å²) in [5.41, 5.74) is 9.33. The van der Waals surface area contributed by atoms with Crippen molar-refractivity contribution in [3.8, 4) is 0 Å². The summed E-state index contributed by atoms with van der Waals surface area (Å²) in [6.45, 7) is 8.00. The molecular weight excluding hydrogens is 168 g/mol. The zero-order chi connectivity index (χ0) is 10.6. The molecule has 0 rings (SSSR count). The van der Waals surface area contributed by atoms with Crippen LogP contribution >= 0.6 is 0 Å². The minimum atomic E-state index is -1.72. The maximum Gasteiger partial charge on any atom is 0.184 e. The third-order valence-corrected chi connectivity index (χ3v) is 1.90. The van der Waals surface area contributed by atoms with Gasteiger partial charge in [-0.05, 0) is 19.1 Å². The van der Waals surface area contributed by atoms with Crippen LogP contribution in [-0.4, -0.2) is 23.1 Å². The van der Waals surface area contributed by atoms with Gasteiger partial charge in [-0.25, -0.2) is 0 Å². The summed E-state index contributed by atoms with van der Waals surface area (Å²) in [5, 5.41) is 0. The lowest BCUT2D eigenvalue weighted by Gasteiger charge is -2.27. The third kappa shape index (κ3) is 1.91. The van der Waals surface area contributed by atoms with Crippen molar-refractivity contribution in [1.29, 1.82) is 0 Å². The molecule has 13 heavy (non-hydrogen) atoms. The molecule has 4 N–H and O–H groups in total. The molecule has 1 unspecified atom stereocenters. The summed E-state index contributed by atoms with van der Waals surface area (Å²) in [6, 6.07) is -0.775. The maximum absolute atomic E-state index is 11.3. The van der Waals surface area contributed by atoms with Gasteiger partial charge in [0.2, 0.25) is 0 Å². The smallest absolute Gasteiger partial charge is 0.184 e. The van der Waals surface area contributed by atoms with E-state index in [0.717, 1.165) is 12.2 Å². The predicted octanol–water partition coefficient (Wildman–Crippen LogP) is -0.459. The highest BCUT2D eigenvalue weighted by Crippen LogP contribution is 2.10. The Morgan fingerprint density at radius 3 is 1.77 bits per heavy atom. The van der Waals surface area contributed by atoms with Crippen LogP contribution in [-0.2, 0) is 9.59 Å². The number of hydrogen-bond acceptors (Lipinski definition) is 4. The zero-order valence-corrected chi connectivity index (χ0v) is 7.62. The van der Waals surface area contributed by atoms with E-state index in [1.807, 2.05) is 0 Å². The zero-order valence-electron chi connectivity index (χ0n) is 7.62. The minimum absolute atomic E-state index is 0.590. The van der Waals surface area contributed by atoms with Crippen molar-refractivity contribution >= 4 is 11.6 Å². The molecule has 4 heteroatoms. The number of nitrogens with two attached hydrogens (primary N) is 2. The van der Waals surface area contributed by atoms with Gasteiger partial charge in [0.15, 0.2) is 17.1 Å². The van der Waals surface area contributed by atoms with E-state index in [1.165, 1.54) is 6.92 Å². The van der Waals surface area contributed by atoms with E-state index in [9.17, 15) is 9.59 Å². The highest BCUT2D eigenvalue weighted by Gasteiger charge is 2.41. The van der Waals surface area contributed by atoms with E-state index in [1.54, 1.807) is 0 Å². The Morgan fingerprint density at radius 1 is 1.31 bits per heavy atom. The average Bonchev–Trinajstić information content (AvgIpc) is 2.13. The van der Waals surface area contributed by atoms with E-state index in [-0.39, 0.29) is 0 Å². The average molecular weight is 182 g/mol. The van der Waals surface area contributed by atoms with Crippen LogP contribution in [0, 0.1) is 0 Å². The molecule has 4 nitrogen and oxygen atoms in total. The monoisotopic (exact) mass is 182 g/mol. The summed E-state index contributed by atoms with van der Waals surface area (Å²) in [5.74, 6) is -1.18. The number of ketones is 2. The largest absolute Gasteiger partial charge is 0.326 e. The van der Waals surface area contributed by atoms with E-state index in [4.69, 9.17) is 11.5 Å². The Hall–Kier alpha value is -1.26. The first-order valence-electron chi connectivity index (χ1n) is 3.79. The first-order chi connectivity index (χ1) is 5.91. The fraction of sp³-hybridized carbons (Fsp3) is 0.333. The van der Waals surface area contributed by atoms with Crippen LogP contribution in [0.3, 0.4) is 0 Å². The van der Waals surface area contributed by atoms with Crippen LogP contribution in [0.5, 0.6) is 0 Å². The van der Waals surface area contributed by atoms with Gasteiger partial charge in [-0.15, -0.1) is 0 Å². The van der Waals surface area contributed by atoms with Gasteiger partial charge in [0, 0.05) is 6.04 Å². The highest BCUT2D eigenvalue weighted by molar-refractivity contribution is 6.19. The molecule has 0 aromatic rings. The number of hydrogen-bond donors (Lipinski definition) is 2. The van der Waals surface area contributed by atoms with Crippen LogP contribution < -0.4 is 11.5 Å². The summed E-state index contributed by atoms with van der Waals surface area (Å²) in [7, 11) is 0. The molecule has 0 saturated carbocycles. The normalized spacial score (nSPS) is 13.2. The molecule has 0 aliphatic heterocycles. The van der Waals surface area contributed by atoms with Gasteiger partial charge in [0.1, 0.15) is 0 Å². The van der Waals surface area contributed by atoms with Crippen molar-refractivity contribution in [3.63, 3.8) is 0 Å². The molecule has 1 atom stereocenters. The molecule has 0 bridgehead atoms. The van der Waals surface area contributed by atoms with Crippen LogP contribution in [0.4, 0.5) is 0 Å². The molecule has 0 heterocycles. The van der Waals surface area contributed by atoms with Crippen molar-refractivity contribution in [2.45, 2.75) is 18.5 Å². The lowest BCUT2D eigenvalue weighted by Crippen LogP contribution is -2.64. The van der Waals surface area contributed by atoms with Crippen molar-refractivity contribution in [3.05, 3.63) is 25.3 Å². The van der Waals surface area contributed by atoms with Crippen LogP contribution in [0.2, 0.25) is 0 Å². The molecule has 0 spiro atoms. The molecule has 0 aliphatic carbocycles. The summed E-state index contributed by atoms with van der Waals surface area (Å²) >= 11 is 0. The van der Waals surface area contributed by atoms with Gasteiger partial charge in [-0.2, -0.15) is 0 Å². The van der Waals surface area contributed by atoms with Gasteiger partial charge in [-0.1, -0.05) is 13.2 Å².